The maximum absolute atomic E-state index is 12.4. The van der Waals surface area contributed by atoms with E-state index in [1.807, 2.05) is 48.5 Å². The lowest BCUT2D eigenvalue weighted by atomic mass is 9.98. The Morgan fingerprint density at radius 1 is 1.03 bits per heavy atom. The van der Waals surface area contributed by atoms with E-state index in [0.717, 1.165) is 22.3 Å². The van der Waals surface area contributed by atoms with E-state index < -0.39 is 30.1 Å². The van der Waals surface area contributed by atoms with Crippen molar-refractivity contribution in [2.24, 2.45) is 0 Å². The van der Waals surface area contributed by atoms with Crippen LogP contribution in [-0.2, 0) is 14.3 Å². The minimum atomic E-state index is -1.16. The Bertz CT molecular complexity index is 942. The monoisotopic (exact) mass is 422 g/mol. The molecule has 7 heteroatoms. The summed E-state index contributed by atoms with van der Waals surface area (Å²) in [5.74, 6) is -1.83. The molecular formula is C24H26N2O5. The van der Waals surface area contributed by atoms with Crippen molar-refractivity contribution in [1.82, 2.24) is 10.6 Å². The molecule has 1 aliphatic carbocycles. The Morgan fingerprint density at radius 3 is 2.13 bits per heavy atom. The highest BCUT2D eigenvalue weighted by Crippen LogP contribution is 2.44. The van der Waals surface area contributed by atoms with Gasteiger partial charge in [-0.2, -0.15) is 0 Å². The molecule has 3 rings (SSSR count). The standard InChI is InChI=1S/C24H26N2O5/c1-3-9-21(23(28)29)25-22(27)20(4-2)26-24(30)31-14-19-17-12-7-5-10-15(17)16-11-6-8-13-18(16)19/h3,5-8,10-13,19-21H,1,4,9,14H2,2H3,(H,25,27)(H,26,30)(H,28,29)/t20-,21?/m1/s1. The number of ether oxygens (including phenoxy) is 1. The first kappa shape index (κ1) is 22.1. The van der Waals surface area contributed by atoms with Crippen LogP contribution < -0.4 is 10.6 Å². The van der Waals surface area contributed by atoms with Gasteiger partial charge in [-0.1, -0.05) is 61.5 Å². The average molecular weight is 422 g/mol. The van der Waals surface area contributed by atoms with E-state index in [2.05, 4.69) is 17.2 Å². The second-order valence-corrected chi connectivity index (χ2v) is 7.35. The first-order chi connectivity index (χ1) is 15.0. The number of carboxylic acids is 1. The third-order valence-electron chi connectivity index (χ3n) is 5.38. The van der Waals surface area contributed by atoms with Crippen molar-refractivity contribution >= 4 is 18.0 Å². The molecule has 2 aromatic rings. The van der Waals surface area contributed by atoms with Crippen molar-refractivity contribution in [2.45, 2.75) is 37.8 Å². The molecule has 0 saturated heterocycles. The number of aliphatic carboxylic acids is 1. The third-order valence-corrected chi connectivity index (χ3v) is 5.38. The van der Waals surface area contributed by atoms with Crippen LogP contribution >= 0.6 is 0 Å². The first-order valence-corrected chi connectivity index (χ1v) is 10.2. The molecule has 0 bridgehead atoms. The maximum Gasteiger partial charge on any atom is 0.407 e. The van der Waals surface area contributed by atoms with Gasteiger partial charge >= 0.3 is 12.1 Å². The molecule has 162 valence electrons. The lowest BCUT2D eigenvalue weighted by molar-refractivity contribution is -0.142. The van der Waals surface area contributed by atoms with Crippen LogP contribution in [0.5, 0.6) is 0 Å². The van der Waals surface area contributed by atoms with Crippen molar-refractivity contribution in [3.8, 4) is 11.1 Å². The number of fused-ring (bicyclic) bond motifs is 3. The molecule has 0 saturated carbocycles. The van der Waals surface area contributed by atoms with E-state index in [9.17, 15) is 19.5 Å². The summed E-state index contributed by atoms with van der Waals surface area (Å²) in [6.07, 6.45) is 1.07. The summed E-state index contributed by atoms with van der Waals surface area (Å²) in [6, 6.07) is 14.0. The van der Waals surface area contributed by atoms with Crippen molar-refractivity contribution in [3.63, 3.8) is 0 Å². The summed E-state index contributed by atoms with van der Waals surface area (Å²) in [5, 5.41) is 14.1. The van der Waals surface area contributed by atoms with Gasteiger partial charge in [0, 0.05) is 5.92 Å². The second-order valence-electron chi connectivity index (χ2n) is 7.35. The SMILES string of the molecule is C=CCC(NC(=O)[C@@H](CC)NC(=O)OCC1c2ccccc2-c2ccccc21)C(=O)O. The zero-order valence-electron chi connectivity index (χ0n) is 17.3. The molecular weight excluding hydrogens is 396 g/mol. The normalized spacial score (nSPS) is 14.0. The van der Waals surface area contributed by atoms with Crippen LogP contribution in [0.25, 0.3) is 11.1 Å². The van der Waals surface area contributed by atoms with E-state index in [1.54, 1.807) is 6.92 Å². The van der Waals surface area contributed by atoms with Gasteiger partial charge in [0.05, 0.1) is 0 Å². The van der Waals surface area contributed by atoms with Crippen LogP contribution in [0.2, 0.25) is 0 Å². The highest BCUT2D eigenvalue weighted by atomic mass is 16.5. The topological polar surface area (TPSA) is 105 Å². The van der Waals surface area contributed by atoms with E-state index in [0.29, 0.717) is 0 Å². The fraction of sp³-hybridized carbons (Fsp3) is 0.292. The van der Waals surface area contributed by atoms with Crippen LogP contribution in [0, 0.1) is 0 Å². The Balaban J connectivity index is 1.62. The Morgan fingerprint density at radius 2 is 1.61 bits per heavy atom. The van der Waals surface area contributed by atoms with Gasteiger partial charge in [-0.15, -0.1) is 6.58 Å². The van der Waals surface area contributed by atoms with Crippen LogP contribution in [-0.4, -0.2) is 41.8 Å². The molecule has 2 aromatic carbocycles. The number of rotatable bonds is 9. The van der Waals surface area contributed by atoms with Crippen molar-refractivity contribution in [1.29, 1.82) is 0 Å². The van der Waals surface area contributed by atoms with Crippen molar-refractivity contribution in [2.75, 3.05) is 6.61 Å². The molecule has 31 heavy (non-hydrogen) atoms. The largest absolute Gasteiger partial charge is 0.480 e. The number of nitrogens with one attached hydrogen (secondary N) is 2. The number of benzene rings is 2. The highest BCUT2D eigenvalue weighted by Gasteiger charge is 2.30. The third kappa shape index (κ3) is 4.94. The van der Waals surface area contributed by atoms with E-state index in [1.165, 1.54) is 6.08 Å². The highest BCUT2D eigenvalue weighted by molar-refractivity contribution is 5.89. The summed E-state index contributed by atoms with van der Waals surface area (Å²) in [4.78, 5) is 36.0. The fourth-order valence-electron chi connectivity index (χ4n) is 3.80. The summed E-state index contributed by atoms with van der Waals surface area (Å²) in [5.41, 5.74) is 4.43. The summed E-state index contributed by atoms with van der Waals surface area (Å²) in [6.45, 7) is 5.34. The molecule has 3 N–H and O–H groups in total. The lowest BCUT2D eigenvalue weighted by Crippen LogP contribution is -2.51. The van der Waals surface area contributed by atoms with Gasteiger partial charge in [0.1, 0.15) is 18.7 Å². The average Bonchev–Trinajstić information content (AvgIpc) is 3.09. The molecule has 1 aliphatic rings. The van der Waals surface area contributed by atoms with E-state index >= 15 is 0 Å². The molecule has 2 atom stereocenters. The first-order valence-electron chi connectivity index (χ1n) is 10.2. The molecule has 0 fully saturated rings. The van der Waals surface area contributed by atoms with Crippen LogP contribution in [0.3, 0.4) is 0 Å². The van der Waals surface area contributed by atoms with Gasteiger partial charge in [0.15, 0.2) is 0 Å². The van der Waals surface area contributed by atoms with Gasteiger partial charge < -0.3 is 20.5 Å². The molecule has 0 aliphatic heterocycles. The molecule has 0 aromatic heterocycles. The van der Waals surface area contributed by atoms with Crippen molar-refractivity contribution < 1.29 is 24.2 Å². The smallest absolute Gasteiger partial charge is 0.407 e. The second kappa shape index (κ2) is 9.93. The van der Waals surface area contributed by atoms with Gasteiger partial charge in [-0.3, -0.25) is 4.79 Å². The van der Waals surface area contributed by atoms with Crippen LogP contribution in [0.4, 0.5) is 4.79 Å². The predicted octanol–water partition coefficient (Wildman–Crippen LogP) is 3.45. The summed E-state index contributed by atoms with van der Waals surface area (Å²) >= 11 is 0. The van der Waals surface area contributed by atoms with Crippen LogP contribution in [0.15, 0.2) is 61.2 Å². The van der Waals surface area contributed by atoms with Crippen LogP contribution in [0.1, 0.15) is 36.8 Å². The summed E-state index contributed by atoms with van der Waals surface area (Å²) < 4.78 is 5.46. The number of amides is 2. The van der Waals surface area contributed by atoms with Gasteiger partial charge in [0.25, 0.3) is 0 Å². The molecule has 0 heterocycles. The van der Waals surface area contributed by atoms with Gasteiger partial charge in [0.2, 0.25) is 5.91 Å². The number of carbonyl (C=O) groups is 3. The van der Waals surface area contributed by atoms with E-state index in [-0.39, 0.29) is 25.4 Å². The Labute approximate surface area is 181 Å². The van der Waals surface area contributed by atoms with Crippen molar-refractivity contribution in [3.05, 3.63) is 72.3 Å². The summed E-state index contributed by atoms with van der Waals surface area (Å²) in [7, 11) is 0. The Kier molecular flexibility index (Phi) is 7.07. The fourth-order valence-corrected chi connectivity index (χ4v) is 3.80. The number of carbonyl (C=O) groups excluding carboxylic acids is 2. The number of carboxylic acid groups (broad SMARTS) is 1. The minimum Gasteiger partial charge on any atom is -0.480 e. The number of hydrogen-bond acceptors (Lipinski definition) is 4. The molecule has 1 unspecified atom stereocenters. The quantitative estimate of drug-likeness (QED) is 0.537. The Hall–Kier alpha value is -3.61. The lowest BCUT2D eigenvalue weighted by Gasteiger charge is -2.20. The van der Waals surface area contributed by atoms with E-state index in [4.69, 9.17) is 4.74 Å². The molecule has 0 radical (unpaired) electrons. The number of alkyl carbamates (subject to hydrolysis) is 1. The zero-order chi connectivity index (χ0) is 22.4. The predicted molar refractivity (Wildman–Crippen MR) is 117 cm³/mol. The molecule has 2 amide bonds. The number of hydrogen-bond donors (Lipinski definition) is 3. The minimum absolute atomic E-state index is 0.0858. The maximum atomic E-state index is 12.4. The molecule has 7 nitrogen and oxygen atoms in total. The van der Waals surface area contributed by atoms with Gasteiger partial charge in [-0.25, -0.2) is 9.59 Å². The van der Waals surface area contributed by atoms with Gasteiger partial charge in [-0.05, 0) is 35.1 Å². The zero-order valence-corrected chi connectivity index (χ0v) is 17.3. The molecule has 0 spiro atoms.